The zero-order valence-electron chi connectivity index (χ0n) is 11.9. The van der Waals surface area contributed by atoms with Crippen LogP contribution >= 0.6 is 0 Å². The molecule has 0 aromatic carbocycles. The molecule has 0 heterocycles. The van der Waals surface area contributed by atoms with Crippen LogP contribution in [0.15, 0.2) is 5.16 Å². The first kappa shape index (κ1) is 14.2. The Balaban J connectivity index is 2.16. The molecule has 5 nitrogen and oxygen atoms in total. The Labute approximate surface area is 114 Å². The van der Waals surface area contributed by atoms with Gasteiger partial charge in [0.25, 0.3) is 0 Å². The lowest BCUT2D eigenvalue weighted by Gasteiger charge is -2.33. The van der Waals surface area contributed by atoms with E-state index in [1.165, 1.54) is 12.8 Å². The molecular formula is C14H25N3O2. The molecule has 2 fully saturated rings. The van der Waals surface area contributed by atoms with E-state index in [1.54, 1.807) is 0 Å². The molecule has 2 rings (SSSR count). The topological polar surface area (TPSA) is 78.9 Å². The normalized spacial score (nSPS) is 22.8. The third-order valence-electron chi connectivity index (χ3n) is 4.35. The second kappa shape index (κ2) is 5.39. The number of rotatable bonds is 5. The first-order chi connectivity index (χ1) is 9.01. The summed E-state index contributed by atoms with van der Waals surface area (Å²) in [7, 11) is 0. The summed E-state index contributed by atoms with van der Waals surface area (Å²) in [6, 6.07) is 0.346. The minimum atomic E-state index is -0.702. The van der Waals surface area contributed by atoms with Gasteiger partial charge in [-0.05, 0) is 31.6 Å². The fraction of sp³-hybridized carbons (Fsp3) is 0.857. The Morgan fingerprint density at radius 1 is 1.42 bits per heavy atom. The van der Waals surface area contributed by atoms with Crippen molar-refractivity contribution in [3.8, 4) is 0 Å². The summed E-state index contributed by atoms with van der Waals surface area (Å²) in [5.74, 6) is 0.597. The lowest BCUT2D eigenvalue weighted by molar-refractivity contribution is -0.137. The van der Waals surface area contributed by atoms with Gasteiger partial charge in [-0.15, -0.1) is 0 Å². The second-order valence-corrected chi connectivity index (χ2v) is 6.36. The molecule has 0 spiro atoms. The van der Waals surface area contributed by atoms with Gasteiger partial charge in [0.2, 0.25) is 5.91 Å². The van der Waals surface area contributed by atoms with E-state index in [4.69, 9.17) is 10.9 Å². The van der Waals surface area contributed by atoms with Crippen molar-refractivity contribution in [2.24, 2.45) is 22.2 Å². The highest BCUT2D eigenvalue weighted by molar-refractivity contribution is 6.09. The fourth-order valence-electron chi connectivity index (χ4n) is 3.08. The number of carbonyl (C=O) groups is 1. The quantitative estimate of drug-likeness (QED) is 0.346. The van der Waals surface area contributed by atoms with Crippen molar-refractivity contribution in [2.45, 2.75) is 58.4 Å². The van der Waals surface area contributed by atoms with Gasteiger partial charge in [-0.1, -0.05) is 31.8 Å². The van der Waals surface area contributed by atoms with Crippen LogP contribution in [0, 0.1) is 11.3 Å². The van der Waals surface area contributed by atoms with Gasteiger partial charge in [0.05, 0.1) is 0 Å². The van der Waals surface area contributed by atoms with Crippen molar-refractivity contribution in [3.05, 3.63) is 0 Å². The lowest BCUT2D eigenvalue weighted by atomic mass is 10.0. The number of hydrogen-bond donors (Lipinski definition) is 2. The molecule has 3 N–H and O–H groups in total. The molecule has 0 saturated heterocycles. The number of oxime groups is 1. The highest BCUT2D eigenvalue weighted by Gasteiger charge is 2.56. The molecule has 0 atom stereocenters. The molecular weight excluding hydrogens is 242 g/mol. The fourth-order valence-corrected chi connectivity index (χ4v) is 3.08. The van der Waals surface area contributed by atoms with Crippen molar-refractivity contribution in [3.63, 3.8) is 0 Å². The van der Waals surface area contributed by atoms with Crippen LogP contribution in [0.5, 0.6) is 0 Å². The standard InChI is InChI=1S/C14H25N3O2/c1-10(2)9-17(11-5-3-4-6-11)13(18)14(7-8-14)12(15)16-19/h10-11,19H,3-9H2,1-2H3,(H2,15,16). The third-order valence-corrected chi connectivity index (χ3v) is 4.35. The summed E-state index contributed by atoms with van der Waals surface area (Å²) in [4.78, 5) is 14.8. The first-order valence-corrected chi connectivity index (χ1v) is 7.30. The zero-order valence-corrected chi connectivity index (χ0v) is 11.9. The molecule has 0 bridgehead atoms. The van der Waals surface area contributed by atoms with Crippen LogP contribution in [0.4, 0.5) is 0 Å². The Morgan fingerprint density at radius 2 is 2.00 bits per heavy atom. The van der Waals surface area contributed by atoms with Gasteiger partial charge < -0.3 is 15.8 Å². The van der Waals surface area contributed by atoms with E-state index in [2.05, 4.69) is 19.0 Å². The number of amides is 1. The minimum absolute atomic E-state index is 0.0726. The summed E-state index contributed by atoms with van der Waals surface area (Å²) in [5, 5.41) is 12.0. The number of nitrogens with zero attached hydrogens (tertiary/aromatic N) is 2. The average Bonchev–Trinajstić information content (AvgIpc) is 3.02. The summed E-state index contributed by atoms with van der Waals surface area (Å²) in [6.45, 7) is 5.01. The molecule has 0 aromatic rings. The van der Waals surface area contributed by atoms with Gasteiger partial charge in [-0.2, -0.15) is 0 Å². The van der Waals surface area contributed by atoms with Crippen molar-refractivity contribution in [2.75, 3.05) is 6.54 Å². The minimum Gasteiger partial charge on any atom is -0.409 e. The summed E-state index contributed by atoms with van der Waals surface area (Å²) in [5.41, 5.74) is 5.03. The Hall–Kier alpha value is -1.26. The maximum absolute atomic E-state index is 12.8. The van der Waals surface area contributed by atoms with Crippen LogP contribution < -0.4 is 5.73 Å². The van der Waals surface area contributed by atoms with Crippen LogP contribution in [-0.2, 0) is 4.79 Å². The van der Waals surface area contributed by atoms with Crippen LogP contribution in [0.3, 0.4) is 0 Å². The van der Waals surface area contributed by atoms with Crippen molar-refractivity contribution >= 4 is 11.7 Å². The van der Waals surface area contributed by atoms with Crippen LogP contribution in [0.1, 0.15) is 52.4 Å². The molecule has 0 aliphatic heterocycles. The van der Waals surface area contributed by atoms with Crippen molar-refractivity contribution < 1.29 is 10.0 Å². The smallest absolute Gasteiger partial charge is 0.236 e. The van der Waals surface area contributed by atoms with Crippen molar-refractivity contribution in [1.29, 1.82) is 0 Å². The average molecular weight is 267 g/mol. The number of amidine groups is 1. The summed E-state index contributed by atoms with van der Waals surface area (Å²) >= 11 is 0. The van der Waals surface area contributed by atoms with E-state index < -0.39 is 5.41 Å². The number of carbonyl (C=O) groups excluding carboxylic acids is 1. The van der Waals surface area contributed by atoms with Gasteiger partial charge in [0.1, 0.15) is 5.41 Å². The maximum atomic E-state index is 12.8. The Morgan fingerprint density at radius 3 is 2.42 bits per heavy atom. The molecule has 1 amide bonds. The van der Waals surface area contributed by atoms with E-state index in [-0.39, 0.29) is 11.7 Å². The lowest BCUT2D eigenvalue weighted by Crippen LogP contribution is -2.48. The van der Waals surface area contributed by atoms with Gasteiger partial charge >= 0.3 is 0 Å². The Kier molecular flexibility index (Phi) is 4.02. The van der Waals surface area contributed by atoms with Gasteiger partial charge in [-0.25, -0.2) is 0 Å². The van der Waals surface area contributed by atoms with E-state index in [0.717, 1.165) is 19.4 Å². The maximum Gasteiger partial charge on any atom is 0.236 e. The number of nitrogens with two attached hydrogens (primary N) is 1. The van der Waals surface area contributed by atoms with Crippen LogP contribution in [0.2, 0.25) is 0 Å². The first-order valence-electron chi connectivity index (χ1n) is 7.30. The Bertz CT molecular complexity index is 369. The third kappa shape index (κ3) is 2.69. The molecule has 2 aliphatic rings. The van der Waals surface area contributed by atoms with Crippen LogP contribution in [0.25, 0.3) is 0 Å². The van der Waals surface area contributed by atoms with E-state index in [1.807, 2.05) is 4.90 Å². The monoisotopic (exact) mass is 267 g/mol. The van der Waals surface area contributed by atoms with E-state index >= 15 is 0 Å². The highest BCUT2D eigenvalue weighted by atomic mass is 16.4. The zero-order chi connectivity index (χ0) is 14.0. The molecule has 0 unspecified atom stereocenters. The number of hydrogen-bond acceptors (Lipinski definition) is 3. The predicted octanol–water partition coefficient (Wildman–Crippen LogP) is 1.94. The predicted molar refractivity (Wildman–Crippen MR) is 73.9 cm³/mol. The molecule has 2 saturated carbocycles. The van der Waals surface area contributed by atoms with E-state index in [9.17, 15) is 4.79 Å². The van der Waals surface area contributed by atoms with Crippen molar-refractivity contribution in [1.82, 2.24) is 4.90 Å². The molecule has 2 aliphatic carbocycles. The highest BCUT2D eigenvalue weighted by Crippen LogP contribution is 2.48. The van der Waals surface area contributed by atoms with Crippen LogP contribution in [-0.4, -0.2) is 34.4 Å². The van der Waals surface area contributed by atoms with E-state index in [0.29, 0.717) is 24.8 Å². The summed E-state index contributed by atoms with van der Waals surface area (Å²) < 4.78 is 0. The van der Waals surface area contributed by atoms with Gasteiger partial charge in [0.15, 0.2) is 5.84 Å². The second-order valence-electron chi connectivity index (χ2n) is 6.36. The summed E-state index contributed by atoms with van der Waals surface area (Å²) in [6.07, 6.45) is 5.99. The van der Waals surface area contributed by atoms with Gasteiger partial charge in [-0.3, -0.25) is 4.79 Å². The molecule has 108 valence electrons. The van der Waals surface area contributed by atoms with Gasteiger partial charge in [0, 0.05) is 12.6 Å². The largest absolute Gasteiger partial charge is 0.409 e. The molecule has 5 heteroatoms. The molecule has 0 radical (unpaired) electrons. The molecule has 19 heavy (non-hydrogen) atoms. The molecule has 0 aromatic heterocycles. The SMILES string of the molecule is CC(C)CN(C(=O)C1(C(N)=NO)CC1)C1CCCC1.